The number of amides is 1. The van der Waals surface area contributed by atoms with E-state index in [1.807, 2.05) is 42.5 Å². The summed E-state index contributed by atoms with van der Waals surface area (Å²) in [6.45, 7) is 6.98. The van der Waals surface area contributed by atoms with Crippen LogP contribution in [-0.4, -0.2) is 30.4 Å². The Labute approximate surface area is 174 Å². The van der Waals surface area contributed by atoms with Crippen molar-refractivity contribution in [2.45, 2.75) is 32.9 Å². The number of nitrogens with one attached hydrogen (secondary N) is 2. The molecule has 2 aromatic rings. The highest BCUT2D eigenvalue weighted by Gasteiger charge is 2.13. The van der Waals surface area contributed by atoms with E-state index in [-0.39, 0.29) is 30.7 Å². The molecular formula is C21H29Cl2N3O. The van der Waals surface area contributed by atoms with E-state index < -0.39 is 0 Å². The van der Waals surface area contributed by atoms with Gasteiger partial charge >= 0.3 is 0 Å². The second-order valence-electron chi connectivity index (χ2n) is 6.58. The van der Waals surface area contributed by atoms with Crippen molar-refractivity contribution in [2.24, 2.45) is 0 Å². The number of likely N-dealkylation sites (tertiary alicyclic amines) is 1. The summed E-state index contributed by atoms with van der Waals surface area (Å²) in [4.78, 5) is 15.1. The van der Waals surface area contributed by atoms with Crippen molar-refractivity contribution in [1.29, 1.82) is 0 Å². The summed E-state index contributed by atoms with van der Waals surface area (Å²) in [5.41, 5.74) is 3.90. The predicted molar refractivity (Wildman–Crippen MR) is 117 cm³/mol. The van der Waals surface area contributed by atoms with Crippen LogP contribution in [0.4, 0.5) is 5.69 Å². The lowest BCUT2D eigenvalue weighted by atomic mass is 10.1. The Morgan fingerprint density at radius 2 is 1.78 bits per heavy atom. The number of benzene rings is 2. The lowest BCUT2D eigenvalue weighted by Crippen LogP contribution is -2.19. The van der Waals surface area contributed by atoms with Gasteiger partial charge in [-0.3, -0.25) is 9.69 Å². The molecule has 1 saturated heterocycles. The summed E-state index contributed by atoms with van der Waals surface area (Å²) < 4.78 is 0. The van der Waals surface area contributed by atoms with E-state index in [1.165, 1.54) is 18.4 Å². The van der Waals surface area contributed by atoms with Gasteiger partial charge in [-0.15, -0.1) is 24.8 Å². The maximum absolute atomic E-state index is 12.7. The zero-order valence-corrected chi connectivity index (χ0v) is 17.4. The van der Waals surface area contributed by atoms with Crippen LogP contribution in [0.2, 0.25) is 0 Å². The first-order valence-electron chi connectivity index (χ1n) is 9.17. The Hall–Kier alpha value is -1.59. The highest BCUT2D eigenvalue weighted by molar-refractivity contribution is 6.04. The Balaban J connectivity index is 0.00000182. The van der Waals surface area contributed by atoms with Crippen LogP contribution >= 0.6 is 24.8 Å². The van der Waals surface area contributed by atoms with Gasteiger partial charge in [0.05, 0.1) is 0 Å². The van der Waals surface area contributed by atoms with Crippen molar-refractivity contribution < 1.29 is 4.79 Å². The number of hydrogen-bond acceptors (Lipinski definition) is 3. The summed E-state index contributed by atoms with van der Waals surface area (Å²) in [7, 11) is 0. The van der Waals surface area contributed by atoms with E-state index in [1.54, 1.807) is 0 Å². The van der Waals surface area contributed by atoms with Crippen LogP contribution in [0, 0.1) is 0 Å². The summed E-state index contributed by atoms with van der Waals surface area (Å²) in [5.74, 6) is -0.0489. The standard InChI is InChI=1S/C21H27N3O.2ClH/c1-2-22-15-19-9-3-4-11-20(19)23-21(25)18-10-7-8-17(14-18)16-24-12-5-6-13-24;;/h3-4,7-11,14,22H,2,5-6,12-13,15-16H2,1H3,(H,23,25);2*1H. The zero-order chi connectivity index (χ0) is 17.5. The number of anilines is 1. The molecule has 2 N–H and O–H groups in total. The molecule has 4 nitrogen and oxygen atoms in total. The average Bonchev–Trinajstić information content (AvgIpc) is 3.14. The largest absolute Gasteiger partial charge is 0.322 e. The van der Waals surface area contributed by atoms with E-state index in [0.717, 1.165) is 49.5 Å². The molecule has 2 aromatic carbocycles. The molecule has 1 amide bonds. The molecule has 0 spiro atoms. The molecule has 0 radical (unpaired) electrons. The van der Waals surface area contributed by atoms with Gasteiger partial charge in [0.1, 0.15) is 0 Å². The molecule has 0 unspecified atom stereocenters. The highest BCUT2D eigenvalue weighted by Crippen LogP contribution is 2.18. The van der Waals surface area contributed by atoms with Gasteiger partial charge in [0.25, 0.3) is 5.91 Å². The van der Waals surface area contributed by atoms with Crippen molar-refractivity contribution in [3.8, 4) is 0 Å². The quantitative estimate of drug-likeness (QED) is 0.707. The fourth-order valence-corrected chi connectivity index (χ4v) is 3.26. The third-order valence-electron chi connectivity index (χ3n) is 4.63. The molecule has 1 heterocycles. The van der Waals surface area contributed by atoms with E-state index >= 15 is 0 Å². The Kier molecular flexibility index (Phi) is 10.4. The van der Waals surface area contributed by atoms with Crippen molar-refractivity contribution >= 4 is 36.4 Å². The van der Waals surface area contributed by atoms with Gasteiger partial charge in [-0.1, -0.05) is 37.3 Å². The minimum Gasteiger partial charge on any atom is -0.322 e. The van der Waals surface area contributed by atoms with Crippen molar-refractivity contribution in [3.63, 3.8) is 0 Å². The van der Waals surface area contributed by atoms with Crippen LogP contribution in [-0.2, 0) is 13.1 Å². The number of carbonyl (C=O) groups excluding carboxylic acids is 1. The van der Waals surface area contributed by atoms with E-state index in [2.05, 4.69) is 28.5 Å². The maximum atomic E-state index is 12.7. The third-order valence-corrected chi connectivity index (χ3v) is 4.63. The van der Waals surface area contributed by atoms with Crippen LogP contribution in [0.3, 0.4) is 0 Å². The molecule has 0 aromatic heterocycles. The van der Waals surface area contributed by atoms with Crippen LogP contribution in [0.15, 0.2) is 48.5 Å². The lowest BCUT2D eigenvalue weighted by molar-refractivity contribution is 0.102. The van der Waals surface area contributed by atoms with Crippen LogP contribution in [0.1, 0.15) is 41.3 Å². The smallest absolute Gasteiger partial charge is 0.255 e. The lowest BCUT2D eigenvalue weighted by Gasteiger charge is -2.15. The zero-order valence-electron chi connectivity index (χ0n) is 15.7. The molecule has 3 rings (SSSR count). The number of rotatable bonds is 7. The van der Waals surface area contributed by atoms with Crippen LogP contribution in [0.25, 0.3) is 0 Å². The molecule has 6 heteroatoms. The van der Waals surface area contributed by atoms with Gasteiger partial charge in [0, 0.05) is 24.3 Å². The summed E-state index contributed by atoms with van der Waals surface area (Å²) in [6.07, 6.45) is 2.56. The first kappa shape index (κ1) is 23.4. The van der Waals surface area contributed by atoms with E-state index in [9.17, 15) is 4.79 Å². The monoisotopic (exact) mass is 409 g/mol. The maximum Gasteiger partial charge on any atom is 0.255 e. The Bertz CT molecular complexity index is 718. The van der Waals surface area contributed by atoms with Crippen molar-refractivity contribution in [1.82, 2.24) is 10.2 Å². The molecule has 27 heavy (non-hydrogen) atoms. The van der Waals surface area contributed by atoms with Crippen LogP contribution < -0.4 is 10.6 Å². The molecule has 1 aliphatic heterocycles. The molecule has 0 bridgehead atoms. The SMILES string of the molecule is CCNCc1ccccc1NC(=O)c1cccc(CN2CCCC2)c1.Cl.Cl. The fourth-order valence-electron chi connectivity index (χ4n) is 3.26. The summed E-state index contributed by atoms with van der Waals surface area (Å²) >= 11 is 0. The number of carbonyl (C=O) groups is 1. The topological polar surface area (TPSA) is 44.4 Å². The first-order chi connectivity index (χ1) is 12.3. The Morgan fingerprint density at radius 1 is 1.04 bits per heavy atom. The van der Waals surface area contributed by atoms with Crippen molar-refractivity contribution in [3.05, 3.63) is 65.2 Å². The molecular weight excluding hydrogens is 381 g/mol. The average molecular weight is 410 g/mol. The Morgan fingerprint density at radius 3 is 2.52 bits per heavy atom. The normalized spacial score (nSPS) is 13.5. The molecule has 1 fully saturated rings. The van der Waals surface area contributed by atoms with E-state index in [4.69, 9.17) is 0 Å². The van der Waals surface area contributed by atoms with Crippen LogP contribution in [0.5, 0.6) is 0 Å². The van der Waals surface area contributed by atoms with Crippen molar-refractivity contribution in [2.75, 3.05) is 25.0 Å². The van der Waals surface area contributed by atoms with Gasteiger partial charge in [-0.25, -0.2) is 0 Å². The van der Waals surface area contributed by atoms with Gasteiger partial charge in [-0.05, 0) is 61.8 Å². The summed E-state index contributed by atoms with van der Waals surface area (Å²) in [6, 6.07) is 15.9. The van der Waals surface area contributed by atoms with E-state index in [0.29, 0.717) is 0 Å². The van der Waals surface area contributed by atoms with Gasteiger partial charge in [0.15, 0.2) is 0 Å². The molecule has 0 atom stereocenters. The predicted octanol–water partition coefficient (Wildman–Crippen LogP) is 4.49. The van der Waals surface area contributed by atoms with Gasteiger partial charge < -0.3 is 10.6 Å². The second kappa shape index (κ2) is 12.0. The number of halogens is 2. The molecule has 148 valence electrons. The second-order valence-corrected chi connectivity index (χ2v) is 6.58. The highest BCUT2D eigenvalue weighted by atomic mass is 35.5. The molecule has 1 aliphatic rings. The summed E-state index contributed by atoms with van der Waals surface area (Å²) in [5, 5.41) is 6.37. The minimum atomic E-state index is -0.0489. The van der Waals surface area contributed by atoms with Gasteiger partial charge in [-0.2, -0.15) is 0 Å². The van der Waals surface area contributed by atoms with Gasteiger partial charge in [0.2, 0.25) is 0 Å². The molecule has 0 aliphatic carbocycles. The minimum absolute atomic E-state index is 0. The third kappa shape index (κ3) is 6.82. The first-order valence-corrected chi connectivity index (χ1v) is 9.17. The fraction of sp³-hybridized carbons (Fsp3) is 0.381. The number of para-hydroxylation sites is 1. The number of hydrogen-bond donors (Lipinski definition) is 2. The number of nitrogens with zero attached hydrogens (tertiary/aromatic N) is 1. The molecule has 0 saturated carbocycles.